The maximum absolute atomic E-state index is 12.3. The number of rotatable bonds is 11. The molecule has 2 rings (SSSR count). The molecule has 5 nitrogen and oxygen atoms in total. The van der Waals surface area contributed by atoms with Gasteiger partial charge in [-0.15, -0.1) is 0 Å². The zero-order chi connectivity index (χ0) is 25.5. The summed E-state index contributed by atoms with van der Waals surface area (Å²) >= 11 is 0. The Morgan fingerprint density at radius 2 is 1.24 bits per heavy atom. The quantitative estimate of drug-likeness (QED) is 0.360. The van der Waals surface area contributed by atoms with E-state index >= 15 is 0 Å². The number of carbonyl (C=O) groups is 2. The summed E-state index contributed by atoms with van der Waals surface area (Å²) in [5.41, 5.74) is 3.81. The van der Waals surface area contributed by atoms with E-state index < -0.39 is 5.41 Å². The third kappa shape index (κ3) is 6.40. The third-order valence-electron chi connectivity index (χ3n) is 6.51. The van der Waals surface area contributed by atoms with Crippen molar-refractivity contribution in [2.75, 3.05) is 19.8 Å². The van der Waals surface area contributed by atoms with Gasteiger partial charge in [-0.3, -0.25) is 4.79 Å². The Labute approximate surface area is 204 Å². The Morgan fingerprint density at radius 3 is 1.62 bits per heavy atom. The molecule has 0 aliphatic rings. The first-order valence-corrected chi connectivity index (χ1v) is 12.1. The molecule has 0 unspecified atom stereocenters. The van der Waals surface area contributed by atoms with E-state index in [0.717, 1.165) is 29.7 Å². The van der Waals surface area contributed by atoms with Gasteiger partial charge in [0.05, 0.1) is 6.61 Å². The molecule has 186 valence electrons. The van der Waals surface area contributed by atoms with Gasteiger partial charge in [-0.05, 0) is 68.0 Å². The third-order valence-corrected chi connectivity index (χ3v) is 6.51. The van der Waals surface area contributed by atoms with Crippen LogP contribution in [0.1, 0.15) is 76.6 Å². The summed E-state index contributed by atoms with van der Waals surface area (Å²) in [5.74, 6) is 1.13. The van der Waals surface area contributed by atoms with Crippen LogP contribution in [0.2, 0.25) is 0 Å². The number of esters is 1. The van der Waals surface area contributed by atoms with Crippen molar-refractivity contribution in [3.63, 3.8) is 0 Å². The smallest absolute Gasteiger partial charge is 0.344 e. The minimum absolute atomic E-state index is 0.0723. The maximum atomic E-state index is 12.3. The van der Waals surface area contributed by atoms with Gasteiger partial charge in [-0.1, -0.05) is 58.9 Å². The average Bonchev–Trinajstić information content (AvgIpc) is 2.78. The van der Waals surface area contributed by atoms with Gasteiger partial charge in [0.15, 0.2) is 12.4 Å². The Bertz CT molecular complexity index is 996. The minimum atomic E-state index is -0.419. The largest absolute Gasteiger partial charge is 0.486 e. The number of hydrogen-bond donors (Lipinski definition) is 0. The van der Waals surface area contributed by atoms with Crippen molar-refractivity contribution >= 4 is 11.8 Å². The van der Waals surface area contributed by atoms with E-state index in [1.807, 2.05) is 46.8 Å². The van der Waals surface area contributed by atoms with Crippen LogP contribution in [0.3, 0.4) is 0 Å². The molecule has 5 heteroatoms. The fourth-order valence-electron chi connectivity index (χ4n) is 4.15. The van der Waals surface area contributed by atoms with Gasteiger partial charge in [0.25, 0.3) is 0 Å². The Kier molecular flexibility index (Phi) is 9.31. The highest BCUT2D eigenvalue weighted by molar-refractivity contribution is 5.85. The lowest BCUT2D eigenvalue weighted by Gasteiger charge is -2.34. The van der Waals surface area contributed by atoms with Gasteiger partial charge >= 0.3 is 5.97 Å². The van der Waals surface area contributed by atoms with Crippen LogP contribution in [-0.4, -0.2) is 31.6 Å². The number of ether oxygens (including phenoxy) is 3. The van der Waals surface area contributed by atoms with Crippen molar-refractivity contribution in [2.45, 2.75) is 73.6 Å². The number of Topliss-reactive ketones (excluding diaryl/α,β-unsaturated/α-hetero) is 1. The molecular formula is C29H40O5. The van der Waals surface area contributed by atoms with Crippen LogP contribution in [0, 0.1) is 19.3 Å². The van der Waals surface area contributed by atoms with E-state index in [1.54, 1.807) is 6.92 Å². The van der Waals surface area contributed by atoms with Crippen LogP contribution >= 0.6 is 0 Å². The lowest BCUT2D eigenvalue weighted by atomic mass is 9.70. The van der Waals surface area contributed by atoms with Gasteiger partial charge in [-0.2, -0.15) is 0 Å². The molecule has 2 aromatic rings. The second kappa shape index (κ2) is 11.5. The van der Waals surface area contributed by atoms with Gasteiger partial charge in [0, 0.05) is 10.8 Å². The molecule has 0 aromatic heterocycles. The van der Waals surface area contributed by atoms with E-state index in [1.165, 1.54) is 11.1 Å². The van der Waals surface area contributed by atoms with Gasteiger partial charge in [0.1, 0.15) is 18.1 Å². The number of aryl methyl sites for hydroxylation is 2. The minimum Gasteiger partial charge on any atom is -0.486 e. The van der Waals surface area contributed by atoms with Crippen molar-refractivity contribution < 1.29 is 23.8 Å². The van der Waals surface area contributed by atoms with Crippen molar-refractivity contribution in [3.05, 3.63) is 58.7 Å². The Hall–Kier alpha value is -2.82. The van der Waals surface area contributed by atoms with Crippen LogP contribution in [0.5, 0.6) is 11.5 Å². The van der Waals surface area contributed by atoms with Crippen molar-refractivity contribution in [2.24, 2.45) is 5.41 Å². The molecule has 0 aliphatic carbocycles. The lowest BCUT2D eigenvalue weighted by Crippen LogP contribution is -2.27. The summed E-state index contributed by atoms with van der Waals surface area (Å²) in [7, 11) is 0. The first kappa shape index (κ1) is 27.4. The second-order valence-electron chi connectivity index (χ2n) is 9.81. The number of hydrogen-bond acceptors (Lipinski definition) is 5. The zero-order valence-corrected chi connectivity index (χ0v) is 22.0. The molecule has 0 saturated carbocycles. The monoisotopic (exact) mass is 468 g/mol. The van der Waals surface area contributed by atoms with Crippen molar-refractivity contribution in [1.82, 2.24) is 0 Å². The Morgan fingerprint density at radius 1 is 0.765 bits per heavy atom. The molecule has 34 heavy (non-hydrogen) atoms. The summed E-state index contributed by atoms with van der Waals surface area (Å²) < 4.78 is 16.5. The van der Waals surface area contributed by atoms with E-state index in [0.29, 0.717) is 12.4 Å². The predicted octanol–water partition coefficient (Wildman–Crippen LogP) is 6.35. The van der Waals surface area contributed by atoms with Gasteiger partial charge in [0.2, 0.25) is 0 Å². The molecule has 2 aromatic carbocycles. The highest BCUT2D eigenvalue weighted by Gasteiger charge is 2.32. The van der Waals surface area contributed by atoms with E-state index in [-0.39, 0.29) is 30.4 Å². The SMILES string of the molecule is CCOC(=O)COc1ccc(C(CC)(CC)c2ccc(OCC(=O)C(C)(C)C)c(C)c2)cc1C. The molecular weight excluding hydrogens is 428 g/mol. The average molecular weight is 469 g/mol. The summed E-state index contributed by atoms with van der Waals surface area (Å²) in [6, 6.07) is 12.4. The van der Waals surface area contributed by atoms with Gasteiger partial charge < -0.3 is 14.2 Å². The Balaban J connectivity index is 2.30. The second-order valence-corrected chi connectivity index (χ2v) is 9.81. The van der Waals surface area contributed by atoms with Crippen LogP contribution in [-0.2, 0) is 19.7 Å². The maximum Gasteiger partial charge on any atom is 0.344 e. The molecule has 0 spiro atoms. The van der Waals surface area contributed by atoms with Crippen LogP contribution in [0.25, 0.3) is 0 Å². The fourth-order valence-corrected chi connectivity index (χ4v) is 4.15. The standard InChI is InChI=1S/C29H40O5/c1-9-29(10-2,23-13-15-25(21(5)17-23)34-19-27(31)32-11-3)22-12-14-24(20(4)16-22)33-18-26(30)28(6,7)8/h12-17H,9-11,18-19H2,1-8H3. The predicted molar refractivity (Wildman–Crippen MR) is 136 cm³/mol. The molecule has 0 heterocycles. The summed E-state index contributed by atoms with van der Waals surface area (Å²) in [6.45, 7) is 16.2. The fraction of sp³-hybridized carbons (Fsp3) is 0.517. The summed E-state index contributed by atoms with van der Waals surface area (Å²) in [6.07, 6.45) is 1.85. The van der Waals surface area contributed by atoms with Crippen LogP contribution in [0.15, 0.2) is 36.4 Å². The molecule has 0 saturated heterocycles. The molecule has 0 N–H and O–H groups in total. The highest BCUT2D eigenvalue weighted by Crippen LogP contribution is 2.41. The topological polar surface area (TPSA) is 61.8 Å². The lowest BCUT2D eigenvalue weighted by molar-refractivity contribution is -0.145. The highest BCUT2D eigenvalue weighted by atomic mass is 16.6. The number of ketones is 1. The molecule has 0 fully saturated rings. The van der Waals surface area contributed by atoms with Crippen molar-refractivity contribution in [1.29, 1.82) is 0 Å². The summed E-state index contributed by atoms with van der Waals surface area (Å²) in [4.78, 5) is 23.9. The summed E-state index contributed by atoms with van der Waals surface area (Å²) in [5, 5.41) is 0. The molecule has 0 atom stereocenters. The normalized spacial score (nSPS) is 11.8. The van der Waals surface area contributed by atoms with E-state index in [9.17, 15) is 9.59 Å². The number of carbonyl (C=O) groups excluding carboxylic acids is 2. The van der Waals surface area contributed by atoms with Crippen LogP contribution < -0.4 is 9.47 Å². The first-order chi connectivity index (χ1) is 16.0. The van der Waals surface area contributed by atoms with Crippen LogP contribution in [0.4, 0.5) is 0 Å². The molecule has 0 bridgehead atoms. The van der Waals surface area contributed by atoms with E-state index in [4.69, 9.17) is 14.2 Å². The number of benzene rings is 2. The van der Waals surface area contributed by atoms with Gasteiger partial charge in [-0.25, -0.2) is 4.79 Å². The molecule has 0 amide bonds. The molecule has 0 aliphatic heterocycles. The van der Waals surface area contributed by atoms with Crippen molar-refractivity contribution in [3.8, 4) is 11.5 Å². The zero-order valence-electron chi connectivity index (χ0n) is 22.0. The first-order valence-electron chi connectivity index (χ1n) is 12.1. The van der Waals surface area contributed by atoms with E-state index in [2.05, 4.69) is 38.1 Å². The molecule has 0 radical (unpaired) electrons.